The second-order valence-electron chi connectivity index (χ2n) is 6.32. The van der Waals surface area contributed by atoms with Gasteiger partial charge in [0.1, 0.15) is 0 Å². The maximum absolute atomic E-state index is 12.7. The highest BCUT2D eigenvalue weighted by molar-refractivity contribution is 5.97. The van der Waals surface area contributed by atoms with Gasteiger partial charge in [0.2, 0.25) is 0 Å². The zero-order valence-corrected chi connectivity index (χ0v) is 14.3. The Bertz CT molecular complexity index is 640. The molecule has 7 nitrogen and oxygen atoms in total. The largest absolute Gasteiger partial charge is 0.493 e. The van der Waals surface area contributed by atoms with Crippen LogP contribution in [0.5, 0.6) is 11.5 Å². The summed E-state index contributed by atoms with van der Waals surface area (Å²) in [5, 5.41) is 9.29. The summed E-state index contributed by atoms with van der Waals surface area (Å²) < 4.78 is 16.5. The highest BCUT2D eigenvalue weighted by Gasteiger charge is 2.33. The third kappa shape index (κ3) is 3.87. The molecule has 0 bridgehead atoms. The Kier molecular flexibility index (Phi) is 5.43. The van der Waals surface area contributed by atoms with Crippen molar-refractivity contribution in [2.45, 2.75) is 37.8 Å². The van der Waals surface area contributed by atoms with E-state index in [9.17, 15) is 14.7 Å². The van der Waals surface area contributed by atoms with Gasteiger partial charge in [0, 0.05) is 12.1 Å². The first-order chi connectivity index (χ1) is 12.1. The number of carbonyl (C=O) groups is 2. The van der Waals surface area contributed by atoms with Gasteiger partial charge in [0.25, 0.3) is 5.91 Å². The van der Waals surface area contributed by atoms with Crippen LogP contribution in [0.15, 0.2) is 18.2 Å². The van der Waals surface area contributed by atoms with Gasteiger partial charge < -0.3 is 24.2 Å². The van der Waals surface area contributed by atoms with Gasteiger partial charge in [-0.25, -0.2) is 4.79 Å². The molecule has 2 aliphatic rings. The summed E-state index contributed by atoms with van der Waals surface area (Å²) in [6, 6.07) is 4.02. The monoisotopic (exact) mass is 349 g/mol. The first-order valence-electron chi connectivity index (χ1n) is 8.56. The number of carbonyl (C=O) groups excluding carboxylic acids is 1. The number of aliphatic carboxylic acids is 1. The van der Waals surface area contributed by atoms with Crippen LogP contribution < -0.4 is 9.47 Å². The molecule has 1 aromatic rings. The van der Waals surface area contributed by atoms with E-state index in [2.05, 4.69) is 0 Å². The second-order valence-corrected chi connectivity index (χ2v) is 6.32. The lowest BCUT2D eigenvalue weighted by Crippen LogP contribution is -2.52. The highest BCUT2D eigenvalue weighted by atomic mass is 16.5. The highest BCUT2D eigenvalue weighted by Crippen LogP contribution is 2.32. The van der Waals surface area contributed by atoms with Crippen molar-refractivity contribution < 1.29 is 28.9 Å². The van der Waals surface area contributed by atoms with E-state index < -0.39 is 12.0 Å². The maximum atomic E-state index is 12.7. The van der Waals surface area contributed by atoms with Crippen LogP contribution in [-0.4, -0.2) is 60.9 Å². The summed E-state index contributed by atoms with van der Waals surface area (Å²) in [6.45, 7) is 0.578. The zero-order chi connectivity index (χ0) is 17.8. The normalized spacial score (nSPS) is 21.2. The summed E-state index contributed by atoms with van der Waals surface area (Å²) in [7, 11) is 1.53. The number of carboxylic acids is 1. The second kappa shape index (κ2) is 7.74. The van der Waals surface area contributed by atoms with Crippen LogP contribution in [-0.2, 0) is 9.53 Å². The fourth-order valence-electron chi connectivity index (χ4n) is 3.30. The topological polar surface area (TPSA) is 85.3 Å². The SMILES string of the molecule is COc1cc(C(=O)N2CCOCC2C(=O)O)ccc1OC1CCCC1. The smallest absolute Gasteiger partial charge is 0.328 e. The van der Waals surface area contributed by atoms with Crippen LogP contribution in [0, 0.1) is 0 Å². The molecular weight excluding hydrogens is 326 g/mol. The van der Waals surface area contributed by atoms with E-state index in [-0.39, 0.29) is 25.2 Å². The average Bonchev–Trinajstić information content (AvgIpc) is 3.14. The number of nitrogens with zero attached hydrogens (tertiary/aromatic N) is 1. The van der Waals surface area contributed by atoms with Crippen LogP contribution in [0.2, 0.25) is 0 Å². The fourth-order valence-corrected chi connectivity index (χ4v) is 3.30. The molecule has 3 rings (SSSR count). The van der Waals surface area contributed by atoms with E-state index in [0.717, 1.165) is 25.7 Å². The lowest BCUT2D eigenvalue weighted by atomic mass is 10.1. The van der Waals surface area contributed by atoms with Crippen LogP contribution in [0.1, 0.15) is 36.0 Å². The van der Waals surface area contributed by atoms with Crippen LogP contribution in [0.4, 0.5) is 0 Å². The molecule has 1 unspecified atom stereocenters. The Balaban J connectivity index is 1.79. The summed E-state index contributed by atoms with van der Waals surface area (Å²) in [4.78, 5) is 25.4. The lowest BCUT2D eigenvalue weighted by molar-refractivity contribution is -0.147. The van der Waals surface area contributed by atoms with Crippen molar-refractivity contribution in [1.82, 2.24) is 4.90 Å². The Hall–Kier alpha value is -2.28. The molecule has 1 aromatic carbocycles. The van der Waals surface area contributed by atoms with E-state index in [1.807, 2.05) is 0 Å². The Morgan fingerprint density at radius 1 is 1.24 bits per heavy atom. The van der Waals surface area contributed by atoms with Crippen molar-refractivity contribution in [1.29, 1.82) is 0 Å². The van der Waals surface area contributed by atoms with Gasteiger partial charge in [0.15, 0.2) is 17.5 Å². The van der Waals surface area contributed by atoms with Gasteiger partial charge in [-0.3, -0.25) is 4.79 Å². The van der Waals surface area contributed by atoms with Crippen molar-refractivity contribution in [3.8, 4) is 11.5 Å². The first kappa shape index (κ1) is 17.5. The third-order valence-electron chi connectivity index (χ3n) is 4.68. The quantitative estimate of drug-likeness (QED) is 0.874. The van der Waals surface area contributed by atoms with Crippen molar-refractivity contribution in [3.05, 3.63) is 23.8 Å². The number of amides is 1. The van der Waals surface area contributed by atoms with Crippen LogP contribution in [0.25, 0.3) is 0 Å². The molecule has 1 N–H and O–H groups in total. The first-order valence-corrected chi connectivity index (χ1v) is 8.56. The molecule has 136 valence electrons. The van der Waals surface area contributed by atoms with Crippen LogP contribution >= 0.6 is 0 Å². The minimum absolute atomic E-state index is 0.00107. The maximum Gasteiger partial charge on any atom is 0.328 e. The van der Waals surface area contributed by atoms with E-state index in [0.29, 0.717) is 23.7 Å². The minimum Gasteiger partial charge on any atom is -0.493 e. The molecule has 25 heavy (non-hydrogen) atoms. The Morgan fingerprint density at radius 2 is 2.00 bits per heavy atom. The van der Waals surface area contributed by atoms with E-state index in [4.69, 9.17) is 14.2 Å². The Morgan fingerprint density at radius 3 is 2.68 bits per heavy atom. The predicted octanol–water partition coefficient (Wildman–Crippen LogP) is 1.94. The number of methoxy groups -OCH3 is 1. The van der Waals surface area contributed by atoms with Crippen molar-refractivity contribution in [2.24, 2.45) is 0 Å². The molecule has 1 atom stereocenters. The minimum atomic E-state index is -1.07. The molecule has 0 spiro atoms. The average molecular weight is 349 g/mol. The molecular formula is C18H23NO6. The van der Waals surface area contributed by atoms with E-state index in [1.165, 1.54) is 12.0 Å². The van der Waals surface area contributed by atoms with Crippen molar-refractivity contribution in [3.63, 3.8) is 0 Å². The number of carboxylic acid groups (broad SMARTS) is 1. The summed E-state index contributed by atoms with van der Waals surface area (Å²) in [5.41, 5.74) is 0.378. The molecule has 0 radical (unpaired) electrons. The lowest BCUT2D eigenvalue weighted by Gasteiger charge is -2.33. The van der Waals surface area contributed by atoms with Gasteiger partial charge in [-0.15, -0.1) is 0 Å². The van der Waals surface area contributed by atoms with Gasteiger partial charge in [-0.05, 0) is 43.9 Å². The van der Waals surface area contributed by atoms with Crippen molar-refractivity contribution in [2.75, 3.05) is 26.9 Å². The summed E-state index contributed by atoms with van der Waals surface area (Å²) in [6.07, 6.45) is 4.57. The van der Waals surface area contributed by atoms with Gasteiger partial charge >= 0.3 is 5.97 Å². The molecule has 1 aliphatic carbocycles. The van der Waals surface area contributed by atoms with Gasteiger partial charge in [-0.2, -0.15) is 0 Å². The van der Waals surface area contributed by atoms with E-state index in [1.54, 1.807) is 18.2 Å². The van der Waals surface area contributed by atoms with Crippen LogP contribution in [0.3, 0.4) is 0 Å². The molecule has 2 fully saturated rings. The number of hydrogen-bond acceptors (Lipinski definition) is 5. The van der Waals surface area contributed by atoms with Gasteiger partial charge in [-0.1, -0.05) is 0 Å². The number of ether oxygens (including phenoxy) is 3. The zero-order valence-electron chi connectivity index (χ0n) is 14.3. The molecule has 1 amide bonds. The number of benzene rings is 1. The molecule has 1 saturated carbocycles. The number of morpholine rings is 1. The van der Waals surface area contributed by atoms with Crippen molar-refractivity contribution >= 4 is 11.9 Å². The molecule has 7 heteroatoms. The molecule has 0 aromatic heterocycles. The third-order valence-corrected chi connectivity index (χ3v) is 4.68. The molecule has 1 heterocycles. The van der Waals surface area contributed by atoms with Gasteiger partial charge in [0.05, 0.1) is 26.4 Å². The predicted molar refractivity (Wildman–Crippen MR) is 89.2 cm³/mol. The molecule has 1 aliphatic heterocycles. The number of hydrogen-bond donors (Lipinski definition) is 1. The fraction of sp³-hybridized carbons (Fsp3) is 0.556. The molecule has 1 saturated heterocycles. The summed E-state index contributed by atoms with van der Waals surface area (Å²) in [5.74, 6) is -0.316. The van der Waals surface area contributed by atoms with E-state index >= 15 is 0 Å². The Labute approximate surface area is 146 Å². The standard InChI is InChI=1S/C18H23NO6/c1-23-16-10-12(6-7-15(16)25-13-4-2-3-5-13)17(20)19-8-9-24-11-14(19)18(21)22/h6-7,10,13-14H,2-5,8-9,11H2,1H3,(H,21,22). The number of rotatable bonds is 5. The summed E-state index contributed by atoms with van der Waals surface area (Å²) >= 11 is 0.